The van der Waals surface area contributed by atoms with Crippen LogP contribution >= 0.6 is 0 Å². The largest absolute Gasteiger partial charge is 0.349 e. The summed E-state index contributed by atoms with van der Waals surface area (Å²) in [4.78, 5) is 10.8. The van der Waals surface area contributed by atoms with Crippen LogP contribution in [0.1, 0.15) is 44.1 Å². The second-order valence-electron chi connectivity index (χ2n) is 5.06. The molecule has 0 atom stereocenters. The number of hydrogen-bond acceptors (Lipinski definition) is 2. The van der Waals surface area contributed by atoms with Gasteiger partial charge in [0.05, 0.1) is 4.92 Å². The van der Waals surface area contributed by atoms with E-state index in [0.29, 0.717) is 12.1 Å². The summed E-state index contributed by atoms with van der Waals surface area (Å²) in [7, 11) is 0. The Bertz CT molecular complexity index is 470. The fourth-order valence-electron chi connectivity index (χ4n) is 2.24. The topological polar surface area (TPSA) is 48.1 Å². The lowest BCUT2D eigenvalue weighted by atomic mass is 10.1. The molecular weight excluding hydrogens is 228 g/mol. The SMILES string of the molecule is CCn1c(C)cc(C=C(CC(C)C)[N+](=O)[O-])c1C. The molecule has 0 saturated heterocycles. The molecule has 1 rings (SSSR count). The Hall–Kier alpha value is -1.58. The first-order valence-electron chi connectivity index (χ1n) is 6.38. The van der Waals surface area contributed by atoms with Crippen molar-refractivity contribution in [3.05, 3.63) is 38.8 Å². The maximum absolute atomic E-state index is 11.0. The Balaban J connectivity index is 3.16. The van der Waals surface area contributed by atoms with E-state index >= 15 is 0 Å². The van der Waals surface area contributed by atoms with Gasteiger partial charge in [-0.3, -0.25) is 10.1 Å². The van der Waals surface area contributed by atoms with Gasteiger partial charge in [0.2, 0.25) is 5.70 Å². The fraction of sp³-hybridized carbons (Fsp3) is 0.571. The van der Waals surface area contributed by atoms with Crippen molar-refractivity contribution in [1.29, 1.82) is 0 Å². The van der Waals surface area contributed by atoms with Crippen molar-refractivity contribution in [2.75, 3.05) is 0 Å². The van der Waals surface area contributed by atoms with E-state index in [1.807, 2.05) is 33.8 Å². The summed E-state index contributed by atoms with van der Waals surface area (Å²) in [6.07, 6.45) is 2.22. The van der Waals surface area contributed by atoms with Gasteiger partial charge in [0.1, 0.15) is 0 Å². The minimum atomic E-state index is -0.266. The molecule has 0 aliphatic carbocycles. The summed E-state index contributed by atoms with van der Waals surface area (Å²) < 4.78 is 2.17. The van der Waals surface area contributed by atoms with E-state index < -0.39 is 0 Å². The van der Waals surface area contributed by atoms with Crippen molar-refractivity contribution < 1.29 is 4.92 Å². The van der Waals surface area contributed by atoms with Crippen molar-refractivity contribution in [1.82, 2.24) is 4.57 Å². The molecular formula is C14H22N2O2. The van der Waals surface area contributed by atoms with Crippen molar-refractivity contribution in [3.63, 3.8) is 0 Å². The summed E-state index contributed by atoms with van der Waals surface area (Å²) in [5.74, 6) is 0.288. The zero-order chi connectivity index (χ0) is 13.9. The predicted octanol–water partition coefficient (Wildman–Crippen LogP) is 3.79. The van der Waals surface area contributed by atoms with E-state index in [9.17, 15) is 10.1 Å². The van der Waals surface area contributed by atoms with E-state index in [4.69, 9.17) is 0 Å². The molecule has 18 heavy (non-hydrogen) atoms. The second kappa shape index (κ2) is 5.85. The maximum atomic E-state index is 11.0. The number of aryl methyl sites for hydroxylation is 1. The van der Waals surface area contributed by atoms with Crippen LogP contribution in [-0.2, 0) is 6.54 Å². The molecule has 100 valence electrons. The van der Waals surface area contributed by atoms with E-state index in [1.54, 1.807) is 6.08 Å². The van der Waals surface area contributed by atoms with Gasteiger partial charge >= 0.3 is 0 Å². The average molecular weight is 250 g/mol. The summed E-state index contributed by atoms with van der Waals surface area (Å²) in [6.45, 7) is 11.0. The predicted molar refractivity (Wildman–Crippen MR) is 74.0 cm³/mol. The molecule has 0 aliphatic rings. The summed E-state index contributed by atoms with van der Waals surface area (Å²) in [6, 6.07) is 2.02. The molecule has 0 N–H and O–H groups in total. The molecule has 0 spiro atoms. The number of rotatable bonds is 5. The van der Waals surface area contributed by atoms with Gasteiger partial charge in [-0.05, 0) is 32.8 Å². The van der Waals surface area contributed by atoms with E-state index in [0.717, 1.165) is 23.5 Å². The van der Waals surface area contributed by atoms with Gasteiger partial charge in [-0.1, -0.05) is 13.8 Å². The molecule has 0 radical (unpaired) electrons. The number of allylic oxidation sites excluding steroid dienone is 1. The summed E-state index contributed by atoms with van der Waals surface area (Å²) in [5, 5.41) is 11.0. The first-order valence-corrected chi connectivity index (χ1v) is 6.38. The number of aromatic nitrogens is 1. The Morgan fingerprint density at radius 2 is 2.11 bits per heavy atom. The monoisotopic (exact) mass is 250 g/mol. The first-order chi connectivity index (χ1) is 8.36. The Morgan fingerprint density at radius 3 is 2.50 bits per heavy atom. The molecule has 0 bridgehead atoms. The minimum absolute atomic E-state index is 0.266. The zero-order valence-corrected chi connectivity index (χ0v) is 11.9. The van der Waals surface area contributed by atoms with E-state index in [1.165, 1.54) is 0 Å². The third-order valence-corrected chi connectivity index (χ3v) is 3.10. The highest BCUT2D eigenvalue weighted by atomic mass is 16.6. The molecule has 1 heterocycles. The minimum Gasteiger partial charge on any atom is -0.349 e. The third kappa shape index (κ3) is 3.22. The van der Waals surface area contributed by atoms with Gasteiger partial charge in [0.15, 0.2) is 0 Å². The Kier molecular flexibility index (Phi) is 4.70. The van der Waals surface area contributed by atoms with Crippen LogP contribution in [0.3, 0.4) is 0 Å². The van der Waals surface area contributed by atoms with E-state index in [2.05, 4.69) is 11.5 Å². The quantitative estimate of drug-likeness (QED) is 0.589. The molecule has 0 amide bonds. The van der Waals surface area contributed by atoms with Crippen molar-refractivity contribution in [3.8, 4) is 0 Å². The highest BCUT2D eigenvalue weighted by Crippen LogP contribution is 2.21. The molecule has 0 aliphatic heterocycles. The average Bonchev–Trinajstić information content (AvgIpc) is 2.52. The van der Waals surface area contributed by atoms with Crippen molar-refractivity contribution in [2.24, 2.45) is 5.92 Å². The molecule has 0 unspecified atom stereocenters. The lowest BCUT2D eigenvalue weighted by molar-refractivity contribution is -0.427. The zero-order valence-electron chi connectivity index (χ0n) is 11.9. The van der Waals surface area contributed by atoms with Crippen LogP contribution in [0.4, 0.5) is 0 Å². The summed E-state index contributed by atoms with van der Waals surface area (Å²) in [5.41, 5.74) is 3.50. The molecule has 4 heteroatoms. The summed E-state index contributed by atoms with van der Waals surface area (Å²) >= 11 is 0. The van der Waals surface area contributed by atoms with Gasteiger partial charge in [-0.15, -0.1) is 0 Å². The Labute approximate surface area is 108 Å². The van der Waals surface area contributed by atoms with Crippen LogP contribution in [0.2, 0.25) is 0 Å². The van der Waals surface area contributed by atoms with Gasteiger partial charge in [0.25, 0.3) is 0 Å². The third-order valence-electron chi connectivity index (χ3n) is 3.10. The van der Waals surface area contributed by atoms with Crippen molar-refractivity contribution >= 4 is 6.08 Å². The smallest absolute Gasteiger partial charge is 0.247 e. The van der Waals surface area contributed by atoms with Crippen LogP contribution in [0.25, 0.3) is 6.08 Å². The van der Waals surface area contributed by atoms with Gasteiger partial charge in [-0.25, -0.2) is 0 Å². The number of nitro groups is 1. The maximum Gasteiger partial charge on any atom is 0.247 e. The molecule has 1 aromatic rings. The fourth-order valence-corrected chi connectivity index (χ4v) is 2.24. The molecule has 0 fully saturated rings. The molecule has 4 nitrogen and oxygen atoms in total. The van der Waals surface area contributed by atoms with Crippen LogP contribution in [-0.4, -0.2) is 9.49 Å². The van der Waals surface area contributed by atoms with Crippen LogP contribution in [0, 0.1) is 29.9 Å². The van der Waals surface area contributed by atoms with Gasteiger partial charge in [0, 0.05) is 36.0 Å². The lowest BCUT2D eigenvalue weighted by Crippen LogP contribution is -2.03. The van der Waals surface area contributed by atoms with E-state index in [-0.39, 0.29) is 10.8 Å². The highest BCUT2D eigenvalue weighted by Gasteiger charge is 2.15. The van der Waals surface area contributed by atoms with Gasteiger partial charge in [-0.2, -0.15) is 0 Å². The number of nitrogens with zero attached hydrogens (tertiary/aromatic N) is 2. The molecule has 0 aromatic carbocycles. The highest BCUT2D eigenvalue weighted by molar-refractivity contribution is 5.55. The van der Waals surface area contributed by atoms with Crippen molar-refractivity contribution in [2.45, 2.75) is 47.6 Å². The second-order valence-corrected chi connectivity index (χ2v) is 5.06. The van der Waals surface area contributed by atoms with Crippen LogP contribution < -0.4 is 0 Å². The lowest BCUT2D eigenvalue weighted by Gasteiger charge is -2.05. The molecule has 0 saturated carbocycles. The first kappa shape index (κ1) is 14.5. The Morgan fingerprint density at radius 1 is 1.50 bits per heavy atom. The van der Waals surface area contributed by atoms with Gasteiger partial charge < -0.3 is 4.57 Å². The van der Waals surface area contributed by atoms with Crippen LogP contribution in [0.5, 0.6) is 0 Å². The normalized spacial score (nSPS) is 12.2. The standard InChI is InChI=1S/C14H22N2O2/c1-6-15-11(4)8-13(12(15)5)9-14(16(17)18)7-10(2)3/h8-10H,6-7H2,1-5H3. The van der Waals surface area contributed by atoms with Crippen LogP contribution in [0.15, 0.2) is 11.8 Å². The molecule has 1 aromatic heterocycles. The number of hydrogen-bond donors (Lipinski definition) is 0.